The van der Waals surface area contributed by atoms with Gasteiger partial charge in [0, 0.05) is 67.9 Å². The van der Waals surface area contributed by atoms with Crippen molar-refractivity contribution >= 4 is 38.9 Å². The monoisotopic (exact) mass is 619 g/mol. The quantitative estimate of drug-likeness (QED) is 0.192. The number of hydrogen-bond donors (Lipinski definition) is 0. The summed E-state index contributed by atoms with van der Waals surface area (Å²) in [5.74, 6) is 1.79. The minimum atomic E-state index is -0.184. The number of fused-ring (bicyclic) bond motifs is 5. The van der Waals surface area contributed by atoms with Crippen LogP contribution in [0.25, 0.3) is 38.8 Å². The molecule has 0 unspecified atom stereocenters. The van der Waals surface area contributed by atoms with Crippen molar-refractivity contribution in [2.75, 3.05) is 4.90 Å². The van der Waals surface area contributed by atoms with Crippen LogP contribution in [0.15, 0.2) is 164 Å². The predicted molar refractivity (Wildman–Crippen MR) is 197 cm³/mol. The lowest BCUT2D eigenvalue weighted by molar-refractivity contribution is 0.418. The first-order valence-electron chi connectivity index (χ1n) is 16.4. The molecule has 0 N–H and O–H groups in total. The second kappa shape index (κ2) is 11.0. The normalized spacial score (nSPS) is 13.1. The van der Waals surface area contributed by atoms with E-state index in [1.807, 2.05) is 30.5 Å². The molecule has 48 heavy (non-hydrogen) atoms. The van der Waals surface area contributed by atoms with Crippen LogP contribution in [-0.2, 0) is 5.41 Å². The van der Waals surface area contributed by atoms with Crippen molar-refractivity contribution in [1.29, 1.82) is 0 Å². The largest absolute Gasteiger partial charge is 0.457 e. The Bertz CT molecular complexity index is 2440. The maximum Gasteiger partial charge on any atom is 0.133 e. The molecule has 1 aliphatic heterocycles. The third kappa shape index (κ3) is 4.49. The standard InChI is InChI=1S/C44H33N3O/c1-44(2)37-15-7-9-18-42(37)48-43-29-34(23-25-38(43)44)46(32-21-19-30(20-22-32)39-16-10-11-27-45-39)33-24-26-41-36(28-33)35-14-6-8-17-40(35)47(41)31-12-4-3-5-13-31/h3-29H,1-2H3. The average molecular weight is 620 g/mol. The van der Waals surface area contributed by atoms with Crippen molar-refractivity contribution in [3.8, 4) is 28.4 Å². The molecular formula is C44H33N3O. The summed E-state index contributed by atoms with van der Waals surface area (Å²) in [4.78, 5) is 6.90. The van der Waals surface area contributed by atoms with Crippen LogP contribution in [0.2, 0.25) is 0 Å². The van der Waals surface area contributed by atoms with Crippen LogP contribution in [0.4, 0.5) is 17.1 Å². The molecular weight excluding hydrogens is 587 g/mol. The fraction of sp³-hybridized carbons (Fsp3) is 0.0682. The second-order valence-corrected chi connectivity index (χ2v) is 12.9. The smallest absolute Gasteiger partial charge is 0.133 e. The van der Waals surface area contributed by atoms with Gasteiger partial charge in [0.1, 0.15) is 11.5 Å². The minimum absolute atomic E-state index is 0.184. The van der Waals surface area contributed by atoms with E-state index in [4.69, 9.17) is 4.74 Å². The van der Waals surface area contributed by atoms with Crippen molar-refractivity contribution < 1.29 is 4.74 Å². The van der Waals surface area contributed by atoms with Crippen LogP contribution in [0.3, 0.4) is 0 Å². The molecule has 0 atom stereocenters. The first-order chi connectivity index (χ1) is 23.6. The lowest BCUT2D eigenvalue weighted by atomic mass is 9.76. The van der Waals surface area contributed by atoms with Crippen molar-refractivity contribution in [2.45, 2.75) is 19.3 Å². The highest BCUT2D eigenvalue weighted by Crippen LogP contribution is 2.50. The fourth-order valence-electron chi connectivity index (χ4n) is 7.30. The molecule has 0 fully saturated rings. The Hall–Kier alpha value is -6.13. The molecule has 8 aromatic rings. The van der Waals surface area contributed by atoms with Crippen LogP contribution < -0.4 is 9.64 Å². The van der Waals surface area contributed by atoms with E-state index in [0.717, 1.165) is 45.5 Å². The number of hydrogen-bond acceptors (Lipinski definition) is 3. The van der Waals surface area contributed by atoms with Crippen molar-refractivity contribution in [3.63, 3.8) is 0 Å². The van der Waals surface area contributed by atoms with E-state index < -0.39 is 0 Å². The van der Waals surface area contributed by atoms with Crippen LogP contribution in [0.1, 0.15) is 25.0 Å². The van der Waals surface area contributed by atoms with Crippen molar-refractivity contribution in [3.05, 3.63) is 175 Å². The van der Waals surface area contributed by atoms with Gasteiger partial charge in [-0.15, -0.1) is 0 Å². The van der Waals surface area contributed by atoms with Gasteiger partial charge in [-0.3, -0.25) is 4.98 Å². The van der Waals surface area contributed by atoms with Crippen molar-refractivity contribution in [1.82, 2.24) is 9.55 Å². The van der Waals surface area contributed by atoms with Crippen LogP contribution in [0.5, 0.6) is 11.5 Å². The van der Waals surface area contributed by atoms with E-state index in [0.29, 0.717) is 0 Å². The van der Waals surface area contributed by atoms with Gasteiger partial charge in [0.15, 0.2) is 0 Å². The van der Waals surface area contributed by atoms with E-state index in [1.54, 1.807) is 0 Å². The van der Waals surface area contributed by atoms with Crippen LogP contribution in [0, 0.1) is 0 Å². The molecule has 0 spiro atoms. The molecule has 6 aromatic carbocycles. The van der Waals surface area contributed by atoms with Gasteiger partial charge in [-0.1, -0.05) is 92.7 Å². The van der Waals surface area contributed by atoms with Gasteiger partial charge in [0.05, 0.1) is 16.7 Å². The molecule has 0 bridgehead atoms. The molecule has 4 nitrogen and oxygen atoms in total. The summed E-state index contributed by atoms with van der Waals surface area (Å²) >= 11 is 0. The molecule has 1 aliphatic rings. The van der Waals surface area contributed by atoms with Crippen molar-refractivity contribution in [2.24, 2.45) is 0 Å². The SMILES string of the molecule is CC1(C)c2ccccc2Oc2cc(N(c3ccc(-c4ccccn4)cc3)c3ccc4c(c3)c3ccccc3n4-c3ccccc3)ccc21. The number of nitrogens with zero attached hydrogens (tertiary/aromatic N) is 3. The summed E-state index contributed by atoms with van der Waals surface area (Å²) in [6.45, 7) is 4.55. The third-order valence-corrected chi connectivity index (χ3v) is 9.69. The van der Waals surface area contributed by atoms with E-state index in [9.17, 15) is 0 Å². The molecule has 4 heteroatoms. The number of para-hydroxylation sites is 3. The number of anilines is 3. The predicted octanol–water partition coefficient (Wildman–Crippen LogP) is 11.7. The second-order valence-electron chi connectivity index (χ2n) is 12.9. The first-order valence-corrected chi connectivity index (χ1v) is 16.4. The summed E-state index contributed by atoms with van der Waals surface area (Å²) in [6.07, 6.45) is 1.84. The van der Waals surface area contributed by atoms with Gasteiger partial charge in [-0.2, -0.15) is 0 Å². The number of pyridine rings is 1. The minimum Gasteiger partial charge on any atom is -0.457 e. The highest BCUT2D eigenvalue weighted by Gasteiger charge is 2.34. The summed E-state index contributed by atoms with van der Waals surface area (Å²) in [5.41, 5.74) is 10.9. The third-order valence-electron chi connectivity index (χ3n) is 9.69. The summed E-state index contributed by atoms with van der Waals surface area (Å²) in [7, 11) is 0. The number of ether oxygens (including phenoxy) is 1. The molecule has 230 valence electrons. The van der Waals surface area contributed by atoms with Gasteiger partial charge in [-0.25, -0.2) is 0 Å². The van der Waals surface area contributed by atoms with E-state index >= 15 is 0 Å². The first kappa shape index (κ1) is 28.1. The lowest BCUT2D eigenvalue weighted by Crippen LogP contribution is -2.24. The maximum absolute atomic E-state index is 6.59. The molecule has 3 heterocycles. The van der Waals surface area contributed by atoms with Gasteiger partial charge in [-0.05, 0) is 72.8 Å². The molecule has 2 aromatic heterocycles. The van der Waals surface area contributed by atoms with E-state index in [1.165, 1.54) is 32.9 Å². The molecule has 0 saturated carbocycles. The highest BCUT2D eigenvalue weighted by atomic mass is 16.5. The Balaban J connectivity index is 1.23. The Labute approximate surface area is 280 Å². The molecule has 9 rings (SSSR count). The van der Waals surface area contributed by atoms with E-state index in [2.05, 4.69) is 162 Å². The number of aromatic nitrogens is 2. The average Bonchev–Trinajstić information content (AvgIpc) is 3.46. The zero-order chi connectivity index (χ0) is 32.2. The molecule has 0 saturated heterocycles. The van der Waals surface area contributed by atoms with Crippen LogP contribution >= 0.6 is 0 Å². The summed E-state index contributed by atoms with van der Waals surface area (Å²) in [5, 5.41) is 2.42. The molecule has 0 radical (unpaired) electrons. The Kier molecular flexibility index (Phi) is 6.44. The number of rotatable bonds is 5. The number of benzene rings is 6. The van der Waals surface area contributed by atoms with E-state index in [-0.39, 0.29) is 5.41 Å². The summed E-state index contributed by atoms with van der Waals surface area (Å²) < 4.78 is 8.95. The zero-order valence-corrected chi connectivity index (χ0v) is 26.8. The van der Waals surface area contributed by atoms with Gasteiger partial charge < -0.3 is 14.2 Å². The zero-order valence-electron chi connectivity index (χ0n) is 26.8. The fourth-order valence-corrected chi connectivity index (χ4v) is 7.30. The highest BCUT2D eigenvalue weighted by molar-refractivity contribution is 6.10. The Morgan fingerprint density at radius 1 is 0.542 bits per heavy atom. The summed E-state index contributed by atoms with van der Waals surface area (Å²) in [6, 6.07) is 55.8. The van der Waals surface area contributed by atoms with Crippen LogP contribution in [-0.4, -0.2) is 9.55 Å². The Morgan fingerprint density at radius 2 is 1.21 bits per heavy atom. The molecule has 0 aliphatic carbocycles. The topological polar surface area (TPSA) is 30.3 Å². The maximum atomic E-state index is 6.59. The Morgan fingerprint density at radius 3 is 2.04 bits per heavy atom. The van der Waals surface area contributed by atoms with Gasteiger partial charge in [0.25, 0.3) is 0 Å². The van der Waals surface area contributed by atoms with Gasteiger partial charge >= 0.3 is 0 Å². The lowest BCUT2D eigenvalue weighted by Gasteiger charge is -2.35. The van der Waals surface area contributed by atoms with Gasteiger partial charge in [0.2, 0.25) is 0 Å². The molecule has 0 amide bonds.